The van der Waals surface area contributed by atoms with Gasteiger partial charge >= 0.3 is 0 Å². The highest BCUT2D eigenvalue weighted by molar-refractivity contribution is 5.35. The Morgan fingerprint density at radius 2 is 1.75 bits per heavy atom. The summed E-state index contributed by atoms with van der Waals surface area (Å²) in [7, 11) is 0. The van der Waals surface area contributed by atoms with E-state index in [0.29, 0.717) is 23.9 Å². The van der Waals surface area contributed by atoms with Crippen LogP contribution in [0.2, 0.25) is 0 Å². The van der Waals surface area contributed by atoms with Gasteiger partial charge in [-0.3, -0.25) is 0 Å². The maximum atomic E-state index is 6.67. The number of ether oxygens (including phenoxy) is 1. The van der Waals surface area contributed by atoms with Crippen molar-refractivity contribution in [1.82, 2.24) is 0 Å². The highest BCUT2D eigenvalue weighted by Gasteiger charge is 2.42. The molecule has 126 valence electrons. The molecule has 0 bridgehead atoms. The average Bonchev–Trinajstić information content (AvgIpc) is 2.61. The van der Waals surface area contributed by atoms with E-state index in [1.807, 2.05) is 0 Å². The molecule has 1 fully saturated rings. The molecule has 0 amide bonds. The third-order valence-electron chi connectivity index (χ3n) is 5.88. The van der Waals surface area contributed by atoms with Gasteiger partial charge in [0.15, 0.2) is 0 Å². The summed E-state index contributed by atoms with van der Waals surface area (Å²) >= 11 is 0. The van der Waals surface area contributed by atoms with Crippen LogP contribution in [-0.2, 0) is 11.2 Å². The Labute approximate surface area is 146 Å². The molecule has 0 radical (unpaired) electrons. The van der Waals surface area contributed by atoms with Gasteiger partial charge in [-0.05, 0) is 60.1 Å². The summed E-state index contributed by atoms with van der Waals surface area (Å²) in [5.74, 6) is 2.02. The smallest absolute Gasteiger partial charge is 0.0834 e. The maximum absolute atomic E-state index is 6.67. The van der Waals surface area contributed by atoms with Crippen LogP contribution in [0.4, 0.5) is 0 Å². The lowest BCUT2D eigenvalue weighted by Crippen LogP contribution is -2.40. The van der Waals surface area contributed by atoms with Gasteiger partial charge in [-0.1, -0.05) is 68.4 Å². The Kier molecular flexibility index (Phi) is 4.45. The molecule has 1 saturated heterocycles. The zero-order chi connectivity index (χ0) is 16.5. The van der Waals surface area contributed by atoms with E-state index in [0.717, 1.165) is 6.42 Å². The Balaban J connectivity index is 1.68. The summed E-state index contributed by atoms with van der Waals surface area (Å²) in [6.07, 6.45) is 5.42. The fraction of sp³-hybridized carbons (Fsp3) is 0.478. The molecule has 1 nitrogen and oxygen atoms in total. The van der Waals surface area contributed by atoms with E-state index in [1.54, 1.807) is 11.1 Å². The molecule has 1 aliphatic carbocycles. The van der Waals surface area contributed by atoms with Crippen molar-refractivity contribution in [1.29, 1.82) is 0 Å². The van der Waals surface area contributed by atoms with Crippen molar-refractivity contribution in [3.8, 4) is 0 Å². The summed E-state index contributed by atoms with van der Waals surface area (Å²) < 4.78 is 6.67. The summed E-state index contributed by atoms with van der Waals surface area (Å²) in [5, 5.41) is 0. The molecule has 24 heavy (non-hydrogen) atoms. The second kappa shape index (κ2) is 6.72. The zero-order valence-electron chi connectivity index (χ0n) is 14.8. The van der Waals surface area contributed by atoms with Crippen LogP contribution in [0.5, 0.6) is 0 Å². The normalized spacial score (nSPS) is 29.1. The van der Waals surface area contributed by atoms with Crippen LogP contribution in [0.1, 0.15) is 61.8 Å². The molecule has 2 aromatic carbocycles. The van der Waals surface area contributed by atoms with E-state index >= 15 is 0 Å². The topological polar surface area (TPSA) is 9.23 Å². The molecule has 4 atom stereocenters. The quantitative estimate of drug-likeness (QED) is 0.683. The van der Waals surface area contributed by atoms with Crippen molar-refractivity contribution in [2.24, 2.45) is 11.8 Å². The van der Waals surface area contributed by atoms with E-state index < -0.39 is 0 Å². The van der Waals surface area contributed by atoms with E-state index in [9.17, 15) is 0 Å². The van der Waals surface area contributed by atoms with Gasteiger partial charge in [-0.25, -0.2) is 0 Å². The van der Waals surface area contributed by atoms with Gasteiger partial charge in [-0.15, -0.1) is 0 Å². The molecule has 0 saturated carbocycles. The first-order chi connectivity index (χ1) is 11.7. The van der Waals surface area contributed by atoms with Crippen molar-refractivity contribution in [3.63, 3.8) is 0 Å². The zero-order valence-corrected chi connectivity index (χ0v) is 14.8. The first-order valence-electron chi connectivity index (χ1n) is 9.50. The molecule has 0 unspecified atom stereocenters. The minimum atomic E-state index is 0.238. The number of benzene rings is 2. The van der Waals surface area contributed by atoms with E-state index in [1.165, 1.54) is 24.8 Å². The van der Waals surface area contributed by atoms with Gasteiger partial charge < -0.3 is 4.74 Å². The van der Waals surface area contributed by atoms with Crippen LogP contribution in [0.25, 0.3) is 0 Å². The van der Waals surface area contributed by atoms with Crippen LogP contribution < -0.4 is 0 Å². The second-order valence-corrected chi connectivity index (χ2v) is 7.95. The largest absolute Gasteiger partial charge is 0.370 e. The van der Waals surface area contributed by atoms with Crippen molar-refractivity contribution in [2.75, 3.05) is 0 Å². The molecule has 1 aliphatic heterocycles. The molecule has 4 rings (SSSR count). The van der Waals surface area contributed by atoms with Crippen molar-refractivity contribution >= 4 is 0 Å². The molecule has 1 heteroatoms. The lowest BCUT2D eigenvalue weighted by Gasteiger charge is -2.46. The monoisotopic (exact) mass is 320 g/mol. The van der Waals surface area contributed by atoms with Gasteiger partial charge in [0.25, 0.3) is 0 Å². The molecule has 2 aromatic rings. The highest BCUT2D eigenvalue weighted by atomic mass is 16.5. The summed E-state index contributed by atoms with van der Waals surface area (Å²) in [5.41, 5.74) is 4.50. The third-order valence-corrected chi connectivity index (χ3v) is 5.88. The fourth-order valence-corrected chi connectivity index (χ4v) is 4.80. The van der Waals surface area contributed by atoms with Gasteiger partial charge in [0.2, 0.25) is 0 Å². The third kappa shape index (κ3) is 3.02. The van der Waals surface area contributed by atoms with E-state index in [2.05, 4.69) is 68.4 Å². The van der Waals surface area contributed by atoms with Crippen molar-refractivity contribution < 1.29 is 4.74 Å². The SMILES string of the molecule is CC(C)C[C@H]1O[C@@H](c2ccccc2)C[C@H]2c3ccccc3CC[C@H]12. The molecular formula is C23H28O. The number of fused-ring (bicyclic) bond motifs is 3. The minimum absolute atomic E-state index is 0.238. The predicted molar refractivity (Wildman–Crippen MR) is 99.1 cm³/mol. The number of rotatable bonds is 3. The summed E-state index contributed by atoms with van der Waals surface area (Å²) in [6.45, 7) is 4.64. The second-order valence-electron chi connectivity index (χ2n) is 7.95. The van der Waals surface area contributed by atoms with E-state index in [-0.39, 0.29) is 6.10 Å². The Morgan fingerprint density at radius 1 is 1.00 bits per heavy atom. The number of hydrogen-bond acceptors (Lipinski definition) is 1. The van der Waals surface area contributed by atoms with E-state index in [4.69, 9.17) is 4.74 Å². The molecule has 0 N–H and O–H groups in total. The molecule has 1 heterocycles. The van der Waals surface area contributed by atoms with Gasteiger partial charge in [0, 0.05) is 0 Å². The minimum Gasteiger partial charge on any atom is -0.370 e. The van der Waals surface area contributed by atoms with Gasteiger partial charge in [-0.2, -0.15) is 0 Å². The molecule has 0 spiro atoms. The van der Waals surface area contributed by atoms with Crippen LogP contribution in [-0.4, -0.2) is 6.10 Å². The standard InChI is InChI=1S/C23H28O/c1-16(2)14-23-20-13-12-17-8-6-7-11-19(17)21(20)15-22(24-23)18-9-4-3-5-10-18/h3-11,16,20-23H,12-15H2,1-2H3/t20-,21-,22+,23+/m0/s1. The average molecular weight is 320 g/mol. The molecular weight excluding hydrogens is 292 g/mol. The molecule has 0 aromatic heterocycles. The predicted octanol–water partition coefficient (Wildman–Crippen LogP) is 5.91. The Bertz CT molecular complexity index is 675. The lowest BCUT2D eigenvalue weighted by molar-refractivity contribution is -0.107. The number of aryl methyl sites for hydroxylation is 1. The first kappa shape index (κ1) is 15.9. The fourth-order valence-electron chi connectivity index (χ4n) is 4.80. The number of hydrogen-bond donors (Lipinski definition) is 0. The van der Waals surface area contributed by atoms with Crippen molar-refractivity contribution in [2.45, 2.75) is 57.7 Å². The van der Waals surface area contributed by atoms with Crippen LogP contribution in [0, 0.1) is 11.8 Å². The van der Waals surface area contributed by atoms with Gasteiger partial charge in [0.1, 0.15) is 0 Å². The Morgan fingerprint density at radius 3 is 2.54 bits per heavy atom. The first-order valence-corrected chi connectivity index (χ1v) is 9.50. The van der Waals surface area contributed by atoms with Crippen LogP contribution >= 0.6 is 0 Å². The Hall–Kier alpha value is -1.60. The van der Waals surface area contributed by atoms with Crippen LogP contribution in [0.3, 0.4) is 0 Å². The van der Waals surface area contributed by atoms with Gasteiger partial charge in [0.05, 0.1) is 12.2 Å². The summed E-state index contributed by atoms with van der Waals surface area (Å²) in [4.78, 5) is 0. The molecule has 2 aliphatic rings. The highest BCUT2D eigenvalue weighted by Crippen LogP contribution is 2.50. The summed E-state index contributed by atoms with van der Waals surface area (Å²) in [6, 6.07) is 19.9. The van der Waals surface area contributed by atoms with Crippen molar-refractivity contribution in [3.05, 3.63) is 71.3 Å². The lowest BCUT2D eigenvalue weighted by atomic mass is 9.67. The van der Waals surface area contributed by atoms with Crippen LogP contribution in [0.15, 0.2) is 54.6 Å². The maximum Gasteiger partial charge on any atom is 0.0834 e.